The minimum absolute atomic E-state index is 0.0358. The first-order valence-corrected chi connectivity index (χ1v) is 10.8. The first-order valence-electron chi connectivity index (χ1n) is 10.8. The van der Waals surface area contributed by atoms with Crippen molar-refractivity contribution >= 4 is 22.7 Å². The fourth-order valence-corrected chi connectivity index (χ4v) is 4.26. The molecule has 0 aliphatic carbocycles. The third-order valence-corrected chi connectivity index (χ3v) is 6.07. The molecule has 0 N–H and O–H groups in total. The number of aryl methyl sites for hydroxylation is 1. The van der Waals surface area contributed by atoms with Crippen molar-refractivity contribution in [1.29, 1.82) is 0 Å². The molecule has 3 heterocycles. The van der Waals surface area contributed by atoms with E-state index in [1.54, 1.807) is 12.3 Å². The van der Waals surface area contributed by atoms with Gasteiger partial charge in [0, 0.05) is 6.20 Å². The molecule has 4 aromatic rings. The molecule has 1 aliphatic rings. The maximum Gasteiger partial charge on any atom is 0.296 e. The fourth-order valence-electron chi connectivity index (χ4n) is 4.26. The predicted molar refractivity (Wildman–Crippen MR) is 125 cm³/mol. The molecule has 2 aromatic heterocycles. The highest BCUT2D eigenvalue weighted by Gasteiger charge is 2.44. The van der Waals surface area contributed by atoms with Gasteiger partial charge in [-0.3, -0.25) is 14.5 Å². The molecular formula is C27H23FN2O3. The molecule has 2 aromatic carbocycles. The lowest BCUT2D eigenvalue weighted by molar-refractivity contribution is 0.0970. The van der Waals surface area contributed by atoms with Crippen LogP contribution in [0.4, 0.5) is 10.2 Å². The number of hydrogen-bond donors (Lipinski definition) is 0. The van der Waals surface area contributed by atoms with Crippen molar-refractivity contribution in [1.82, 2.24) is 4.98 Å². The van der Waals surface area contributed by atoms with E-state index in [0.29, 0.717) is 5.82 Å². The zero-order valence-corrected chi connectivity index (χ0v) is 18.8. The highest BCUT2D eigenvalue weighted by Crippen LogP contribution is 2.41. The van der Waals surface area contributed by atoms with Crippen LogP contribution >= 0.6 is 0 Å². The third kappa shape index (κ3) is 3.42. The number of aromatic nitrogens is 1. The molecule has 5 nitrogen and oxygen atoms in total. The summed E-state index contributed by atoms with van der Waals surface area (Å²) < 4.78 is 19.8. The maximum absolute atomic E-state index is 13.9. The molecule has 1 amide bonds. The minimum Gasteiger partial charge on any atom is -0.450 e. The average molecular weight is 442 g/mol. The van der Waals surface area contributed by atoms with Gasteiger partial charge in [-0.1, -0.05) is 51.1 Å². The van der Waals surface area contributed by atoms with Crippen LogP contribution in [0, 0.1) is 12.7 Å². The lowest BCUT2D eigenvalue weighted by Gasteiger charge is -2.25. The summed E-state index contributed by atoms with van der Waals surface area (Å²) in [5.74, 6) is -0.611. The van der Waals surface area contributed by atoms with E-state index in [9.17, 15) is 14.0 Å². The largest absolute Gasteiger partial charge is 0.450 e. The molecule has 1 unspecified atom stereocenters. The number of hydrogen-bond acceptors (Lipinski definition) is 4. The van der Waals surface area contributed by atoms with Crippen LogP contribution in [0.3, 0.4) is 0 Å². The number of fused-ring (bicyclic) bond motifs is 2. The molecular weight excluding hydrogens is 419 g/mol. The van der Waals surface area contributed by atoms with E-state index in [1.807, 2.05) is 37.3 Å². The third-order valence-electron chi connectivity index (χ3n) is 6.07. The summed E-state index contributed by atoms with van der Waals surface area (Å²) in [5, 5.41) is 0.108. The van der Waals surface area contributed by atoms with Gasteiger partial charge in [-0.05, 0) is 53.3 Å². The Morgan fingerprint density at radius 2 is 1.73 bits per heavy atom. The number of rotatable bonds is 2. The van der Waals surface area contributed by atoms with E-state index in [0.717, 1.165) is 22.8 Å². The summed E-state index contributed by atoms with van der Waals surface area (Å²) in [4.78, 5) is 33.0. The second-order valence-corrected chi connectivity index (χ2v) is 9.46. The molecule has 6 heteroatoms. The van der Waals surface area contributed by atoms with Crippen LogP contribution in [0.1, 0.15) is 59.6 Å². The van der Waals surface area contributed by atoms with Gasteiger partial charge in [0.2, 0.25) is 5.76 Å². The number of carbonyl (C=O) groups is 1. The normalized spacial score (nSPS) is 15.8. The van der Waals surface area contributed by atoms with E-state index in [-0.39, 0.29) is 27.7 Å². The van der Waals surface area contributed by atoms with Crippen molar-refractivity contribution < 1.29 is 13.6 Å². The first kappa shape index (κ1) is 21.1. The Balaban J connectivity index is 1.77. The lowest BCUT2D eigenvalue weighted by Crippen LogP contribution is -2.30. The van der Waals surface area contributed by atoms with Crippen LogP contribution < -0.4 is 10.3 Å². The molecule has 0 radical (unpaired) electrons. The number of pyridine rings is 1. The molecule has 5 rings (SSSR count). The van der Waals surface area contributed by atoms with Gasteiger partial charge in [-0.25, -0.2) is 9.37 Å². The van der Waals surface area contributed by atoms with Crippen molar-refractivity contribution in [2.45, 2.75) is 39.2 Å². The highest BCUT2D eigenvalue weighted by molar-refractivity contribution is 6.10. The number of nitrogens with zero attached hydrogens (tertiary/aromatic N) is 2. The summed E-state index contributed by atoms with van der Waals surface area (Å²) in [6.45, 7) is 8.27. The van der Waals surface area contributed by atoms with Gasteiger partial charge in [0.15, 0.2) is 5.43 Å². The summed E-state index contributed by atoms with van der Waals surface area (Å²) in [6.07, 6.45) is 1.67. The second-order valence-electron chi connectivity index (χ2n) is 9.46. The fraction of sp³-hybridized carbons (Fsp3) is 0.222. The van der Waals surface area contributed by atoms with Crippen LogP contribution in [0.25, 0.3) is 11.0 Å². The van der Waals surface area contributed by atoms with Crippen molar-refractivity contribution in [2.24, 2.45) is 0 Å². The Bertz CT molecular complexity index is 1450. The SMILES string of the molecule is Cc1ccc(N2C(=O)c3oc4ccc(F)cc4c(=O)c3C2c2ccc(C(C)(C)C)cc2)nc1. The number of anilines is 1. The summed E-state index contributed by atoms with van der Waals surface area (Å²) in [6, 6.07) is 14.5. The van der Waals surface area contributed by atoms with Crippen molar-refractivity contribution in [3.63, 3.8) is 0 Å². The molecule has 0 spiro atoms. The van der Waals surface area contributed by atoms with Gasteiger partial charge in [0.25, 0.3) is 5.91 Å². The number of carbonyl (C=O) groups excluding carboxylic acids is 1. The molecule has 0 bridgehead atoms. The van der Waals surface area contributed by atoms with Gasteiger partial charge in [0.05, 0.1) is 17.0 Å². The molecule has 1 atom stereocenters. The van der Waals surface area contributed by atoms with E-state index >= 15 is 0 Å². The van der Waals surface area contributed by atoms with E-state index in [1.165, 1.54) is 17.0 Å². The molecule has 33 heavy (non-hydrogen) atoms. The average Bonchev–Trinajstić information content (AvgIpc) is 3.07. The summed E-state index contributed by atoms with van der Waals surface area (Å²) >= 11 is 0. The van der Waals surface area contributed by atoms with Crippen LogP contribution in [-0.4, -0.2) is 10.9 Å². The zero-order chi connectivity index (χ0) is 23.5. The Morgan fingerprint density at radius 3 is 2.36 bits per heavy atom. The Hall–Kier alpha value is -3.80. The Labute approximate surface area is 190 Å². The topological polar surface area (TPSA) is 63.4 Å². The van der Waals surface area contributed by atoms with Crippen molar-refractivity contribution in [3.05, 3.63) is 105 Å². The lowest BCUT2D eigenvalue weighted by atomic mass is 9.86. The van der Waals surface area contributed by atoms with Crippen molar-refractivity contribution in [3.8, 4) is 0 Å². The predicted octanol–water partition coefficient (Wildman–Crippen LogP) is 5.68. The van der Waals surface area contributed by atoms with Crippen LogP contribution in [0.2, 0.25) is 0 Å². The van der Waals surface area contributed by atoms with E-state index in [4.69, 9.17) is 4.42 Å². The van der Waals surface area contributed by atoms with Crippen LogP contribution in [0.5, 0.6) is 0 Å². The van der Waals surface area contributed by atoms with E-state index < -0.39 is 23.2 Å². The smallest absolute Gasteiger partial charge is 0.296 e. The maximum atomic E-state index is 13.9. The number of amides is 1. The van der Waals surface area contributed by atoms with Gasteiger partial charge in [-0.2, -0.15) is 0 Å². The first-order chi connectivity index (χ1) is 15.6. The highest BCUT2D eigenvalue weighted by atomic mass is 19.1. The van der Waals surface area contributed by atoms with Gasteiger partial charge >= 0.3 is 0 Å². The second kappa shape index (κ2) is 7.37. The number of halogens is 1. The Morgan fingerprint density at radius 1 is 1.00 bits per heavy atom. The molecule has 0 fully saturated rings. The molecule has 0 saturated heterocycles. The molecule has 0 saturated carbocycles. The van der Waals surface area contributed by atoms with Crippen LogP contribution in [0.15, 0.2) is 70.0 Å². The summed E-state index contributed by atoms with van der Waals surface area (Å²) in [5.41, 5.74) is 2.73. The monoisotopic (exact) mass is 442 g/mol. The standard InChI is InChI=1S/C27H23FN2O3/c1-15-5-12-21(29-14-15)30-23(16-6-8-17(9-7-16)27(2,3)4)22-24(31)19-13-18(28)10-11-20(19)33-25(22)26(30)32/h5-14,23H,1-4H3. The quantitative estimate of drug-likeness (QED) is 0.401. The Kier molecular flexibility index (Phi) is 4.71. The molecule has 166 valence electrons. The van der Waals surface area contributed by atoms with E-state index in [2.05, 4.69) is 25.8 Å². The number of benzene rings is 2. The minimum atomic E-state index is -0.736. The van der Waals surface area contributed by atoms with Gasteiger partial charge in [-0.15, -0.1) is 0 Å². The van der Waals surface area contributed by atoms with Gasteiger partial charge < -0.3 is 4.42 Å². The van der Waals surface area contributed by atoms with Crippen molar-refractivity contribution in [2.75, 3.05) is 4.90 Å². The van der Waals surface area contributed by atoms with Gasteiger partial charge in [0.1, 0.15) is 17.2 Å². The summed E-state index contributed by atoms with van der Waals surface area (Å²) in [7, 11) is 0. The molecule has 1 aliphatic heterocycles. The zero-order valence-electron chi connectivity index (χ0n) is 18.8. The van der Waals surface area contributed by atoms with Crippen LogP contribution in [-0.2, 0) is 5.41 Å².